The molecule has 0 fully saturated rings. The third-order valence-corrected chi connectivity index (χ3v) is 2.98. The predicted molar refractivity (Wildman–Crippen MR) is 67.2 cm³/mol. The van der Waals surface area contributed by atoms with Gasteiger partial charge in [-0.05, 0) is 13.8 Å². The number of ether oxygens (including phenoxy) is 1. The van der Waals surface area contributed by atoms with Crippen molar-refractivity contribution in [3.8, 4) is 0 Å². The number of aryl methyl sites for hydroxylation is 2. The first-order chi connectivity index (χ1) is 8.10. The van der Waals surface area contributed by atoms with Gasteiger partial charge in [0.15, 0.2) is 0 Å². The molecule has 0 spiro atoms. The van der Waals surface area contributed by atoms with Gasteiger partial charge in [0.2, 0.25) is 0 Å². The number of nitrogens with one attached hydrogen (secondary N) is 1. The molecule has 1 atom stereocenters. The zero-order valence-corrected chi connectivity index (χ0v) is 11.3. The predicted octanol–water partition coefficient (Wildman–Crippen LogP) is 0.962. The van der Waals surface area contributed by atoms with Crippen LogP contribution >= 0.6 is 11.6 Å². The van der Waals surface area contributed by atoms with Crippen LogP contribution in [0.4, 0.5) is 0 Å². The van der Waals surface area contributed by atoms with E-state index in [1.54, 1.807) is 7.11 Å². The number of halogens is 1. The van der Waals surface area contributed by atoms with Gasteiger partial charge in [0.05, 0.1) is 29.1 Å². The molecule has 0 aliphatic heterocycles. The average Bonchev–Trinajstić information content (AvgIpc) is 2.57. The minimum atomic E-state index is -0.502. The van der Waals surface area contributed by atoms with E-state index in [9.17, 15) is 5.11 Å². The Hall–Kier alpha value is -0.620. The fraction of sp³-hybridized carbons (Fsp3) is 0.727. The lowest BCUT2D eigenvalue weighted by Crippen LogP contribution is -2.30. The van der Waals surface area contributed by atoms with Crippen LogP contribution in [0.15, 0.2) is 0 Å². The standard InChI is InChI=1S/C11H20ClN3O2/c1-4-15-10(11(12)8(2)14-15)6-13-5-9(16)7-17-3/h9,13,16H,4-7H2,1-3H3. The van der Waals surface area contributed by atoms with Crippen molar-refractivity contribution in [2.45, 2.75) is 33.0 Å². The summed E-state index contributed by atoms with van der Waals surface area (Å²) in [5.74, 6) is 0. The summed E-state index contributed by atoms with van der Waals surface area (Å²) in [6.45, 7) is 6.08. The van der Waals surface area contributed by atoms with Crippen molar-refractivity contribution in [1.29, 1.82) is 0 Å². The van der Waals surface area contributed by atoms with Crippen LogP contribution < -0.4 is 5.32 Å². The van der Waals surface area contributed by atoms with E-state index in [0.29, 0.717) is 24.7 Å². The molecule has 0 aliphatic rings. The Balaban J connectivity index is 2.51. The number of rotatable bonds is 7. The maximum Gasteiger partial charge on any atom is 0.0897 e. The number of nitrogens with zero attached hydrogens (tertiary/aromatic N) is 2. The van der Waals surface area contributed by atoms with Gasteiger partial charge in [-0.3, -0.25) is 4.68 Å². The number of methoxy groups -OCH3 is 1. The highest BCUT2D eigenvalue weighted by Crippen LogP contribution is 2.19. The van der Waals surface area contributed by atoms with E-state index in [4.69, 9.17) is 16.3 Å². The smallest absolute Gasteiger partial charge is 0.0897 e. The van der Waals surface area contributed by atoms with Crippen LogP contribution in [-0.2, 0) is 17.8 Å². The molecule has 0 aromatic carbocycles. The van der Waals surface area contributed by atoms with Crippen molar-refractivity contribution in [1.82, 2.24) is 15.1 Å². The van der Waals surface area contributed by atoms with E-state index in [-0.39, 0.29) is 0 Å². The Morgan fingerprint density at radius 2 is 2.29 bits per heavy atom. The number of hydrogen-bond acceptors (Lipinski definition) is 4. The number of aromatic nitrogens is 2. The molecule has 17 heavy (non-hydrogen) atoms. The van der Waals surface area contributed by atoms with Crippen molar-refractivity contribution < 1.29 is 9.84 Å². The van der Waals surface area contributed by atoms with Crippen molar-refractivity contribution in [2.75, 3.05) is 20.3 Å². The molecule has 0 aliphatic carbocycles. The Labute approximate surface area is 107 Å². The molecule has 1 unspecified atom stereocenters. The van der Waals surface area contributed by atoms with E-state index in [0.717, 1.165) is 17.9 Å². The molecule has 2 N–H and O–H groups in total. The van der Waals surface area contributed by atoms with E-state index in [1.165, 1.54) is 0 Å². The fourth-order valence-electron chi connectivity index (χ4n) is 1.65. The monoisotopic (exact) mass is 261 g/mol. The average molecular weight is 262 g/mol. The minimum absolute atomic E-state index is 0.326. The van der Waals surface area contributed by atoms with Gasteiger partial charge in [-0.25, -0.2) is 0 Å². The lowest BCUT2D eigenvalue weighted by molar-refractivity contribution is 0.0643. The first-order valence-corrected chi connectivity index (χ1v) is 6.07. The minimum Gasteiger partial charge on any atom is -0.389 e. The Kier molecular flexibility index (Phi) is 5.91. The molecule has 0 saturated carbocycles. The summed E-state index contributed by atoms with van der Waals surface area (Å²) in [6, 6.07) is 0. The zero-order chi connectivity index (χ0) is 12.8. The molecule has 0 radical (unpaired) electrons. The number of hydrogen-bond donors (Lipinski definition) is 2. The van der Waals surface area contributed by atoms with E-state index in [2.05, 4.69) is 10.4 Å². The highest BCUT2D eigenvalue weighted by molar-refractivity contribution is 6.31. The molecule has 0 amide bonds. The van der Waals surface area contributed by atoms with Crippen molar-refractivity contribution in [3.05, 3.63) is 16.4 Å². The third kappa shape index (κ3) is 3.96. The van der Waals surface area contributed by atoms with Gasteiger partial charge >= 0.3 is 0 Å². The van der Waals surface area contributed by atoms with Gasteiger partial charge in [0.1, 0.15) is 0 Å². The maximum atomic E-state index is 9.49. The first-order valence-electron chi connectivity index (χ1n) is 5.69. The SMILES string of the molecule is CCn1nc(C)c(Cl)c1CNCC(O)COC. The van der Waals surface area contributed by atoms with Gasteiger partial charge in [-0.2, -0.15) is 5.10 Å². The maximum absolute atomic E-state index is 9.49. The van der Waals surface area contributed by atoms with Crippen molar-refractivity contribution >= 4 is 11.6 Å². The summed E-state index contributed by atoms with van der Waals surface area (Å²) >= 11 is 6.16. The van der Waals surface area contributed by atoms with Gasteiger partial charge in [0, 0.05) is 26.7 Å². The molecule has 1 rings (SSSR count). The molecule has 1 heterocycles. The molecule has 0 bridgehead atoms. The van der Waals surface area contributed by atoms with Gasteiger partial charge in [-0.1, -0.05) is 11.6 Å². The third-order valence-electron chi connectivity index (χ3n) is 2.48. The largest absolute Gasteiger partial charge is 0.389 e. The summed E-state index contributed by atoms with van der Waals surface area (Å²) in [4.78, 5) is 0. The highest BCUT2D eigenvalue weighted by atomic mass is 35.5. The molecular formula is C11H20ClN3O2. The first kappa shape index (κ1) is 14.4. The van der Waals surface area contributed by atoms with Crippen LogP contribution in [0.3, 0.4) is 0 Å². The summed E-state index contributed by atoms with van der Waals surface area (Å²) in [6.07, 6.45) is -0.502. The zero-order valence-electron chi connectivity index (χ0n) is 10.5. The summed E-state index contributed by atoms with van der Waals surface area (Å²) in [7, 11) is 1.57. The van der Waals surface area contributed by atoms with Gasteiger partial charge < -0.3 is 15.2 Å². The van der Waals surface area contributed by atoms with Crippen LogP contribution in [-0.4, -0.2) is 41.3 Å². The van der Waals surface area contributed by atoms with Crippen LogP contribution in [0.2, 0.25) is 5.02 Å². The summed E-state index contributed by atoms with van der Waals surface area (Å²) in [5, 5.41) is 17.6. The van der Waals surface area contributed by atoms with E-state index in [1.807, 2.05) is 18.5 Å². The van der Waals surface area contributed by atoms with E-state index < -0.39 is 6.10 Å². The molecular weight excluding hydrogens is 242 g/mol. The lowest BCUT2D eigenvalue weighted by Gasteiger charge is -2.11. The van der Waals surface area contributed by atoms with Crippen LogP contribution in [0.5, 0.6) is 0 Å². The second-order valence-electron chi connectivity index (χ2n) is 3.90. The Morgan fingerprint density at radius 1 is 1.59 bits per heavy atom. The molecule has 6 heteroatoms. The van der Waals surface area contributed by atoms with Gasteiger partial charge in [-0.15, -0.1) is 0 Å². The second kappa shape index (κ2) is 6.96. The van der Waals surface area contributed by atoms with Crippen LogP contribution in [0.25, 0.3) is 0 Å². The normalized spacial score (nSPS) is 13.0. The van der Waals surface area contributed by atoms with Crippen LogP contribution in [0.1, 0.15) is 18.3 Å². The molecule has 0 saturated heterocycles. The second-order valence-corrected chi connectivity index (χ2v) is 4.28. The van der Waals surface area contributed by atoms with Gasteiger partial charge in [0.25, 0.3) is 0 Å². The number of aliphatic hydroxyl groups excluding tert-OH is 1. The topological polar surface area (TPSA) is 59.3 Å². The lowest BCUT2D eigenvalue weighted by atomic mass is 10.3. The summed E-state index contributed by atoms with van der Waals surface area (Å²) < 4.78 is 6.71. The Morgan fingerprint density at radius 3 is 2.88 bits per heavy atom. The molecule has 1 aromatic heterocycles. The summed E-state index contributed by atoms with van der Waals surface area (Å²) in [5.41, 5.74) is 1.79. The van der Waals surface area contributed by atoms with Crippen LogP contribution in [0, 0.1) is 6.92 Å². The molecule has 1 aromatic rings. The van der Waals surface area contributed by atoms with Crippen molar-refractivity contribution in [2.24, 2.45) is 0 Å². The Bertz CT molecular complexity index is 355. The number of aliphatic hydroxyl groups is 1. The fourth-order valence-corrected chi connectivity index (χ4v) is 1.85. The van der Waals surface area contributed by atoms with Crippen molar-refractivity contribution in [3.63, 3.8) is 0 Å². The van der Waals surface area contributed by atoms with E-state index >= 15 is 0 Å². The quantitative estimate of drug-likeness (QED) is 0.768. The molecule has 98 valence electrons. The highest BCUT2D eigenvalue weighted by Gasteiger charge is 2.12. The molecule has 5 nitrogen and oxygen atoms in total.